The Hall–Kier alpha value is -3.36. The van der Waals surface area contributed by atoms with Gasteiger partial charge in [0, 0.05) is 39.4 Å². The number of hydrogen-bond donors (Lipinski definition) is 0. The van der Waals surface area contributed by atoms with Crippen LogP contribution in [0.2, 0.25) is 0 Å². The number of esters is 1. The summed E-state index contributed by atoms with van der Waals surface area (Å²) in [5, 5.41) is 5.33. The minimum absolute atomic E-state index is 0.0305. The average Bonchev–Trinajstić information content (AvgIpc) is 3.24. The van der Waals surface area contributed by atoms with Crippen molar-refractivity contribution < 1.29 is 18.7 Å². The topological polar surface area (TPSA) is 93.7 Å². The Labute approximate surface area is 180 Å². The molecule has 4 rings (SSSR count). The van der Waals surface area contributed by atoms with Crippen LogP contribution in [0.1, 0.15) is 44.9 Å². The Morgan fingerprint density at radius 3 is 2.45 bits per heavy atom. The third-order valence-electron chi connectivity index (χ3n) is 5.65. The SMILES string of the molecule is CCOC(=O)c1cnc2c(c(C)nn2C)c1N1CCN(C(=O)c2cc(C)oc2C)CC1. The number of rotatable bonds is 4. The standard InChI is InChI=1S/C22H27N5O4/c1-6-30-22(29)17-12-23-20-18(14(3)24-25(20)5)19(17)26-7-9-27(10-8-26)21(28)16-11-13(2)31-15(16)4/h11-12H,6-10H2,1-5H3. The van der Waals surface area contributed by atoms with Gasteiger partial charge in [0.25, 0.3) is 5.91 Å². The van der Waals surface area contributed by atoms with Gasteiger partial charge in [-0.3, -0.25) is 9.48 Å². The number of amides is 1. The van der Waals surface area contributed by atoms with Gasteiger partial charge in [-0.25, -0.2) is 9.78 Å². The zero-order chi connectivity index (χ0) is 22.3. The van der Waals surface area contributed by atoms with Crippen LogP contribution >= 0.6 is 0 Å². The number of fused-ring (bicyclic) bond motifs is 1. The zero-order valence-electron chi connectivity index (χ0n) is 18.6. The van der Waals surface area contributed by atoms with Crippen molar-refractivity contribution in [2.24, 2.45) is 7.05 Å². The van der Waals surface area contributed by atoms with E-state index in [1.54, 1.807) is 30.8 Å². The number of furan rings is 1. The van der Waals surface area contributed by atoms with Gasteiger partial charge in [0.05, 0.1) is 28.9 Å². The van der Waals surface area contributed by atoms with Gasteiger partial charge in [-0.2, -0.15) is 5.10 Å². The number of ether oxygens (including phenoxy) is 1. The largest absolute Gasteiger partial charge is 0.466 e. The van der Waals surface area contributed by atoms with Crippen molar-refractivity contribution in [1.29, 1.82) is 0 Å². The lowest BCUT2D eigenvalue weighted by molar-refractivity contribution is 0.0525. The second-order valence-corrected chi connectivity index (χ2v) is 7.75. The molecule has 164 valence electrons. The highest BCUT2D eigenvalue weighted by Gasteiger charge is 2.29. The number of carbonyl (C=O) groups excluding carboxylic acids is 2. The van der Waals surface area contributed by atoms with Crippen molar-refractivity contribution in [1.82, 2.24) is 19.7 Å². The lowest BCUT2D eigenvalue weighted by atomic mass is 10.1. The quantitative estimate of drug-likeness (QED) is 0.593. The second kappa shape index (κ2) is 8.05. The number of carbonyl (C=O) groups is 2. The molecule has 9 nitrogen and oxygen atoms in total. The molecule has 0 N–H and O–H groups in total. The van der Waals surface area contributed by atoms with Crippen LogP contribution in [0.5, 0.6) is 0 Å². The van der Waals surface area contributed by atoms with E-state index in [0.717, 1.165) is 22.5 Å². The Kier molecular flexibility index (Phi) is 5.43. The Morgan fingerprint density at radius 1 is 1.13 bits per heavy atom. The van der Waals surface area contributed by atoms with Crippen LogP contribution in [0.3, 0.4) is 0 Å². The summed E-state index contributed by atoms with van der Waals surface area (Å²) in [5.41, 5.74) is 3.31. The number of pyridine rings is 1. The van der Waals surface area contributed by atoms with E-state index in [1.165, 1.54) is 0 Å². The maximum Gasteiger partial charge on any atom is 0.341 e. The van der Waals surface area contributed by atoms with Gasteiger partial charge >= 0.3 is 5.97 Å². The highest BCUT2D eigenvalue weighted by molar-refractivity contribution is 6.05. The Morgan fingerprint density at radius 2 is 1.84 bits per heavy atom. The molecule has 3 aromatic heterocycles. The van der Waals surface area contributed by atoms with Crippen LogP contribution in [0, 0.1) is 20.8 Å². The van der Waals surface area contributed by atoms with Crippen molar-refractivity contribution in [3.8, 4) is 0 Å². The molecule has 1 aliphatic rings. The van der Waals surface area contributed by atoms with Gasteiger partial charge in [-0.05, 0) is 33.8 Å². The lowest BCUT2D eigenvalue weighted by Crippen LogP contribution is -2.49. The second-order valence-electron chi connectivity index (χ2n) is 7.75. The van der Waals surface area contributed by atoms with Crippen molar-refractivity contribution in [2.45, 2.75) is 27.7 Å². The third-order valence-corrected chi connectivity index (χ3v) is 5.65. The van der Waals surface area contributed by atoms with E-state index in [0.29, 0.717) is 48.7 Å². The van der Waals surface area contributed by atoms with Crippen LogP contribution in [0.15, 0.2) is 16.7 Å². The van der Waals surface area contributed by atoms with Gasteiger partial charge < -0.3 is 19.0 Å². The average molecular weight is 425 g/mol. The van der Waals surface area contributed by atoms with E-state index in [-0.39, 0.29) is 12.5 Å². The molecule has 1 amide bonds. The summed E-state index contributed by atoms with van der Waals surface area (Å²) in [6, 6.07) is 1.79. The summed E-state index contributed by atoms with van der Waals surface area (Å²) in [4.78, 5) is 34.0. The molecule has 0 aromatic carbocycles. The summed E-state index contributed by atoms with van der Waals surface area (Å²) in [6.07, 6.45) is 1.56. The highest BCUT2D eigenvalue weighted by Crippen LogP contribution is 2.33. The first-order valence-electron chi connectivity index (χ1n) is 10.4. The molecule has 0 saturated carbocycles. The molecule has 0 aliphatic carbocycles. The van der Waals surface area contributed by atoms with E-state index in [4.69, 9.17) is 9.15 Å². The maximum atomic E-state index is 13.0. The fourth-order valence-electron chi connectivity index (χ4n) is 4.23. The number of piperazine rings is 1. The molecule has 1 fully saturated rings. The summed E-state index contributed by atoms with van der Waals surface area (Å²) >= 11 is 0. The summed E-state index contributed by atoms with van der Waals surface area (Å²) in [6.45, 7) is 9.86. The molecule has 0 bridgehead atoms. The van der Waals surface area contributed by atoms with Crippen LogP contribution in [-0.2, 0) is 11.8 Å². The van der Waals surface area contributed by atoms with Crippen LogP contribution in [0.25, 0.3) is 11.0 Å². The predicted octanol–water partition coefficient (Wildman–Crippen LogP) is 2.63. The third kappa shape index (κ3) is 3.64. The normalized spacial score (nSPS) is 14.4. The maximum absolute atomic E-state index is 13.0. The molecule has 4 heterocycles. The van der Waals surface area contributed by atoms with Crippen LogP contribution < -0.4 is 4.90 Å². The first kappa shape index (κ1) is 20.9. The highest BCUT2D eigenvalue weighted by atomic mass is 16.5. The lowest BCUT2D eigenvalue weighted by Gasteiger charge is -2.37. The molecule has 0 radical (unpaired) electrons. The molecule has 0 atom stereocenters. The van der Waals surface area contributed by atoms with Crippen LogP contribution in [0.4, 0.5) is 5.69 Å². The molecule has 3 aromatic rings. The monoisotopic (exact) mass is 425 g/mol. The summed E-state index contributed by atoms with van der Waals surface area (Å²) < 4.78 is 12.5. The fourth-order valence-corrected chi connectivity index (χ4v) is 4.23. The molecule has 31 heavy (non-hydrogen) atoms. The van der Waals surface area contributed by atoms with E-state index in [2.05, 4.69) is 15.0 Å². The number of aromatic nitrogens is 3. The van der Waals surface area contributed by atoms with Crippen LogP contribution in [-0.4, -0.2) is 64.3 Å². The first-order chi connectivity index (χ1) is 14.8. The molecule has 9 heteroatoms. The molecule has 0 unspecified atom stereocenters. The fraction of sp³-hybridized carbons (Fsp3) is 0.455. The molecule has 0 spiro atoms. The van der Waals surface area contributed by atoms with Gasteiger partial charge in [0.15, 0.2) is 5.65 Å². The Bertz CT molecular complexity index is 1150. The summed E-state index contributed by atoms with van der Waals surface area (Å²) in [7, 11) is 1.84. The molecule has 1 aliphatic heterocycles. The van der Waals surface area contributed by atoms with Crippen molar-refractivity contribution >= 4 is 28.6 Å². The number of nitrogens with zero attached hydrogens (tertiary/aromatic N) is 5. The number of hydrogen-bond acceptors (Lipinski definition) is 7. The van der Waals surface area contributed by atoms with Gasteiger partial charge in [0.1, 0.15) is 17.1 Å². The van der Waals surface area contributed by atoms with Gasteiger partial charge in [0.2, 0.25) is 0 Å². The summed E-state index contributed by atoms with van der Waals surface area (Å²) in [5.74, 6) is 0.927. The van der Waals surface area contributed by atoms with E-state index >= 15 is 0 Å². The minimum Gasteiger partial charge on any atom is -0.466 e. The molecular weight excluding hydrogens is 398 g/mol. The van der Waals surface area contributed by atoms with E-state index in [1.807, 2.05) is 25.8 Å². The minimum atomic E-state index is -0.404. The van der Waals surface area contributed by atoms with Crippen molar-refractivity contribution in [3.05, 3.63) is 40.6 Å². The van der Waals surface area contributed by atoms with Crippen molar-refractivity contribution in [2.75, 3.05) is 37.7 Å². The zero-order valence-corrected chi connectivity index (χ0v) is 18.6. The van der Waals surface area contributed by atoms with E-state index in [9.17, 15) is 9.59 Å². The van der Waals surface area contributed by atoms with Crippen molar-refractivity contribution in [3.63, 3.8) is 0 Å². The number of aryl methyl sites for hydroxylation is 4. The predicted molar refractivity (Wildman–Crippen MR) is 116 cm³/mol. The molecular formula is C22H27N5O4. The smallest absolute Gasteiger partial charge is 0.341 e. The number of anilines is 1. The first-order valence-corrected chi connectivity index (χ1v) is 10.4. The van der Waals surface area contributed by atoms with Gasteiger partial charge in [-0.15, -0.1) is 0 Å². The van der Waals surface area contributed by atoms with E-state index < -0.39 is 5.97 Å². The Balaban J connectivity index is 1.65. The molecule has 1 saturated heterocycles. The van der Waals surface area contributed by atoms with Gasteiger partial charge in [-0.1, -0.05) is 0 Å².